The molecule has 1 heterocycles. The number of nitrogens with zero attached hydrogens (tertiary/aromatic N) is 2. The molecule has 142 valence electrons. The van der Waals surface area contributed by atoms with Crippen LogP contribution < -0.4 is 10.2 Å². The average Bonchev–Trinajstić information content (AvgIpc) is 2.68. The lowest BCUT2D eigenvalue weighted by atomic mass is 10.1. The summed E-state index contributed by atoms with van der Waals surface area (Å²) in [5, 5.41) is 2.55. The molecule has 1 aliphatic rings. The Morgan fingerprint density at radius 3 is 2.00 bits per heavy atom. The molecule has 0 aromatic heterocycles. The van der Waals surface area contributed by atoms with Crippen LogP contribution in [0.15, 0.2) is 54.6 Å². The van der Waals surface area contributed by atoms with Crippen LogP contribution in [0.2, 0.25) is 0 Å². The second-order valence-electron chi connectivity index (χ2n) is 6.14. The van der Waals surface area contributed by atoms with Crippen molar-refractivity contribution in [3.63, 3.8) is 0 Å². The molecule has 5 nitrogen and oxygen atoms in total. The molecule has 8 heteroatoms. The van der Waals surface area contributed by atoms with Crippen molar-refractivity contribution in [2.75, 3.05) is 36.4 Å². The van der Waals surface area contributed by atoms with Gasteiger partial charge < -0.3 is 15.1 Å². The van der Waals surface area contributed by atoms with Gasteiger partial charge in [0.15, 0.2) is 0 Å². The molecule has 1 N–H and O–H groups in total. The molecule has 1 aliphatic heterocycles. The third-order valence-corrected chi connectivity index (χ3v) is 4.85. The molecule has 0 radical (unpaired) electrons. The standard InChI is InChI=1S/C19H18Cl3N3O2/c20-19(21,22)18(27)23-15-6-8-16(9-7-15)24-10-12-25(13-11-24)17(26)14-4-2-1-3-5-14/h1-9H,10-13H2,(H,23,27). The minimum absolute atomic E-state index is 0.0556. The van der Waals surface area contributed by atoms with Crippen molar-refractivity contribution in [2.24, 2.45) is 0 Å². The summed E-state index contributed by atoms with van der Waals surface area (Å²) >= 11 is 16.6. The van der Waals surface area contributed by atoms with Gasteiger partial charge in [-0.25, -0.2) is 0 Å². The third kappa shape index (κ3) is 5.06. The quantitative estimate of drug-likeness (QED) is 0.756. The largest absolute Gasteiger partial charge is 0.368 e. The summed E-state index contributed by atoms with van der Waals surface area (Å²) in [7, 11) is 0. The Labute approximate surface area is 172 Å². The Kier molecular flexibility index (Phi) is 6.15. The normalized spacial score (nSPS) is 14.8. The van der Waals surface area contributed by atoms with Crippen LogP contribution in [0.4, 0.5) is 11.4 Å². The average molecular weight is 427 g/mol. The van der Waals surface area contributed by atoms with E-state index in [4.69, 9.17) is 34.8 Å². The van der Waals surface area contributed by atoms with Gasteiger partial charge >= 0.3 is 0 Å². The molecule has 2 amide bonds. The Hall–Kier alpha value is -1.95. The number of halogens is 3. The minimum Gasteiger partial charge on any atom is -0.368 e. The van der Waals surface area contributed by atoms with E-state index >= 15 is 0 Å². The lowest BCUT2D eigenvalue weighted by Crippen LogP contribution is -2.48. The first-order valence-electron chi connectivity index (χ1n) is 8.42. The van der Waals surface area contributed by atoms with Crippen LogP contribution in [0.3, 0.4) is 0 Å². The number of nitrogens with one attached hydrogen (secondary N) is 1. The first-order chi connectivity index (χ1) is 12.8. The Morgan fingerprint density at radius 1 is 0.852 bits per heavy atom. The predicted octanol–water partition coefficient (Wildman–Crippen LogP) is 3.96. The molecule has 0 spiro atoms. The number of alkyl halides is 3. The summed E-state index contributed by atoms with van der Waals surface area (Å²) < 4.78 is -2.00. The van der Waals surface area contributed by atoms with Crippen molar-refractivity contribution in [1.82, 2.24) is 4.90 Å². The second-order valence-corrected chi connectivity index (χ2v) is 8.43. The van der Waals surface area contributed by atoms with Gasteiger partial charge in [0, 0.05) is 43.1 Å². The Balaban J connectivity index is 1.57. The van der Waals surface area contributed by atoms with Crippen LogP contribution in [0.25, 0.3) is 0 Å². The first-order valence-corrected chi connectivity index (χ1v) is 9.55. The summed E-state index contributed by atoms with van der Waals surface area (Å²) in [5.41, 5.74) is 2.27. The summed E-state index contributed by atoms with van der Waals surface area (Å²) in [6, 6.07) is 16.6. The van der Waals surface area contributed by atoms with Crippen LogP contribution in [0.1, 0.15) is 10.4 Å². The summed E-state index contributed by atoms with van der Waals surface area (Å²) in [6.45, 7) is 2.77. The van der Waals surface area contributed by atoms with E-state index in [1.165, 1.54) is 0 Å². The zero-order valence-corrected chi connectivity index (χ0v) is 16.6. The summed E-state index contributed by atoms with van der Waals surface area (Å²) in [4.78, 5) is 28.2. The Bertz CT molecular complexity index is 799. The zero-order chi connectivity index (χ0) is 19.4. The molecule has 27 heavy (non-hydrogen) atoms. The molecule has 0 unspecified atom stereocenters. The number of hydrogen-bond acceptors (Lipinski definition) is 3. The molecular formula is C19H18Cl3N3O2. The number of anilines is 2. The number of carbonyl (C=O) groups excluding carboxylic acids is 2. The van der Waals surface area contributed by atoms with Crippen molar-refractivity contribution in [2.45, 2.75) is 3.79 Å². The molecule has 1 fully saturated rings. The van der Waals surface area contributed by atoms with Gasteiger partial charge in [-0.3, -0.25) is 9.59 Å². The fraction of sp³-hybridized carbons (Fsp3) is 0.263. The van der Waals surface area contributed by atoms with Crippen molar-refractivity contribution in [3.8, 4) is 0 Å². The van der Waals surface area contributed by atoms with E-state index in [9.17, 15) is 9.59 Å². The van der Waals surface area contributed by atoms with Gasteiger partial charge in [-0.05, 0) is 36.4 Å². The van der Waals surface area contributed by atoms with E-state index in [0.29, 0.717) is 24.3 Å². The van der Waals surface area contributed by atoms with Crippen LogP contribution in [0, 0.1) is 0 Å². The van der Waals surface area contributed by atoms with Gasteiger partial charge in [0.25, 0.3) is 15.6 Å². The highest BCUT2D eigenvalue weighted by Gasteiger charge is 2.30. The molecule has 1 saturated heterocycles. The molecule has 0 atom stereocenters. The number of piperazine rings is 1. The highest BCUT2D eigenvalue weighted by Crippen LogP contribution is 2.28. The van der Waals surface area contributed by atoms with E-state index in [1.807, 2.05) is 47.4 Å². The van der Waals surface area contributed by atoms with Crippen molar-refractivity contribution in [1.29, 1.82) is 0 Å². The number of benzene rings is 2. The maximum absolute atomic E-state index is 12.5. The van der Waals surface area contributed by atoms with Crippen LogP contribution in [-0.4, -0.2) is 46.7 Å². The van der Waals surface area contributed by atoms with Gasteiger partial charge in [-0.2, -0.15) is 0 Å². The topological polar surface area (TPSA) is 52.7 Å². The van der Waals surface area contributed by atoms with Gasteiger partial charge in [-0.1, -0.05) is 53.0 Å². The van der Waals surface area contributed by atoms with Crippen molar-refractivity contribution in [3.05, 3.63) is 60.2 Å². The fourth-order valence-electron chi connectivity index (χ4n) is 2.89. The fourth-order valence-corrected chi connectivity index (χ4v) is 3.03. The van der Waals surface area contributed by atoms with E-state index < -0.39 is 9.70 Å². The van der Waals surface area contributed by atoms with E-state index in [-0.39, 0.29) is 5.91 Å². The van der Waals surface area contributed by atoms with Gasteiger partial charge in [0.1, 0.15) is 0 Å². The minimum atomic E-state index is -2.00. The second kappa shape index (κ2) is 8.38. The van der Waals surface area contributed by atoms with Crippen LogP contribution in [0.5, 0.6) is 0 Å². The van der Waals surface area contributed by atoms with Crippen molar-refractivity contribution < 1.29 is 9.59 Å². The smallest absolute Gasteiger partial charge is 0.276 e. The first kappa shape index (κ1) is 19.8. The highest BCUT2D eigenvalue weighted by atomic mass is 35.6. The monoisotopic (exact) mass is 425 g/mol. The molecular weight excluding hydrogens is 409 g/mol. The summed E-state index contributed by atoms with van der Waals surface area (Å²) in [5.74, 6) is -0.645. The van der Waals surface area contributed by atoms with E-state index in [1.54, 1.807) is 12.1 Å². The van der Waals surface area contributed by atoms with Gasteiger partial charge in [0.2, 0.25) is 0 Å². The maximum Gasteiger partial charge on any atom is 0.276 e. The van der Waals surface area contributed by atoms with Crippen molar-refractivity contribution >= 4 is 58.0 Å². The zero-order valence-electron chi connectivity index (χ0n) is 14.4. The number of rotatable bonds is 3. The van der Waals surface area contributed by atoms with Crippen LogP contribution in [-0.2, 0) is 4.79 Å². The van der Waals surface area contributed by atoms with Gasteiger partial charge in [0.05, 0.1) is 0 Å². The molecule has 0 aliphatic carbocycles. The summed E-state index contributed by atoms with van der Waals surface area (Å²) in [6.07, 6.45) is 0. The maximum atomic E-state index is 12.5. The van der Waals surface area contributed by atoms with Gasteiger partial charge in [-0.15, -0.1) is 0 Å². The van der Waals surface area contributed by atoms with E-state index in [0.717, 1.165) is 18.8 Å². The molecule has 3 rings (SSSR count). The molecule has 2 aromatic carbocycles. The van der Waals surface area contributed by atoms with E-state index in [2.05, 4.69) is 10.2 Å². The molecule has 0 bridgehead atoms. The number of carbonyl (C=O) groups is 2. The Morgan fingerprint density at radius 2 is 1.44 bits per heavy atom. The highest BCUT2D eigenvalue weighted by molar-refractivity contribution is 6.76. The SMILES string of the molecule is O=C(c1ccccc1)N1CCN(c2ccc(NC(=O)C(Cl)(Cl)Cl)cc2)CC1. The number of amides is 2. The third-order valence-electron chi connectivity index (χ3n) is 4.34. The van der Waals surface area contributed by atoms with Crippen LogP contribution >= 0.6 is 34.8 Å². The lowest BCUT2D eigenvalue weighted by molar-refractivity contribution is -0.115. The molecule has 0 saturated carbocycles. The molecule has 2 aromatic rings. The number of hydrogen-bond donors (Lipinski definition) is 1. The lowest BCUT2D eigenvalue weighted by Gasteiger charge is -2.36. The predicted molar refractivity (Wildman–Crippen MR) is 110 cm³/mol.